The van der Waals surface area contributed by atoms with Gasteiger partial charge in [0.1, 0.15) is 23.8 Å². The van der Waals surface area contributed by atoms with Gasteiger partial charge in [-0.3, -0.25) is 4.79 Å². The Hall–Kier alpha value is -3.09. The minimum atomic E-state index is -0.229. The first kappa shape index (κ1) is 19.2. The fourth-order valence-corrected chi connectivity index (χ4v) is 3.99. The molecule has 4 rings (SSSR count). The summed E-state index contributed by atoms with van der Waals surface area (Å²) in [6.07, 6.45) is 7.22. The highest BCUT2D eigenvalue weighted by molar-refractivity contribution is 5.87. The molecule has 2 aromatic heterocycles. The van der Waals surface area contributed by atoms with Gasteiger partial charge in [0.05, 0.1) is 5.39 Å². The number of hydrogen-bond donors (Lipinski definition) is 3. The second-order valence-electron chi connectivity index (χ2n) is 7.58. The van der Waals surface area contributed by atoms with Crippen molar-refractivity contribution in [3.63, 3.8) is 0 Å². The van der Waals surface area contributed by atoms with Crippen LogP contribution in [0.3, 0.4) is 0 Å². The summed E-state index contributed by atoms with van der Waals surface area (Å²) in [5.74, 6) is 1.000. The number of fused-ring (bicyclic) bond motifs is 1. The largest absolute Gasteiger partial charge is 0.374 e. The van der Waals surface area contributed by atoms with Gasteiger partial charge in [-0.15, -0.1) is 0 Å². The number of carbonyl (C=O) groups is 1. The Morgan fingerprint density at radius 1 is 1.28 bits per heavy atom. The highest BCUT2D eigenvalue weighted by atomic mass is 16.2. The molecule has 1 aromatic carbocycles. The number of aromatic amines is 1. The van der Waals surface area contributed by atoms with Gasteiger partial charge in [-0.25, -0.2) is 9.97 Å². The van der Waals surface area contributed by atoms with Gasteiger partial charge in [-0.1, -0.05) is 31.5 Å². The molecule has 1 amide bonds. The van der Waals surface area contributed by atoms with Crippen molar-refractivity contribution in [2.24, 2.45) is 0 Å². The van der Waals surface area contributed by atoms with Gasteiger partial charge < -0.3 is 20.5 Å². The molecule has 3 heterocycles. The molecular formula is C22H28N6O. The maximum Gasteiger partial charge on any atom is 0.242 e. The molecule has 2 atom stereocenters. The van der Waals surface area contributed by atoms with E-state index in [0.29, 0.717) is 0 Å². The minimum absolute atomic E-state index is 0.0667. The number of amides is 1. The number of rotatable bonds is 7. The molecular weight excluding hydrogens is 364 g/mol. The molecule has 1 saturated heterocycles. The molecule has 7 nitrogen and oxygen atoms in total. The van der Waals surface area contributed by atoms with E-state index in [2.05, 4.69) is 37.4 Å². The first-order valence-corrected chi connectivity index (χ1v) is 10.4. The van der Waals surface area contributed by atoms with Crippen LogP contribution in [0.15, 0.2) is 48.9 Å². The van der Waals surface area contributed by atoms with Crippen molar-refractivity contribution in [3.05, 3.63) is 48.9 Å². The molecule has 0 spiro atoms. The van der Waals surface area contributed by atoms with Gasteiger partial charge in [-0.05, 0) is 37.5 Å². The van der Waals surface area contributed by atoms with Gasteiger partial charge in [0.2, 0.25) is 5.91 Å². The first-order chi connectivity index (χ1) is 14.2. The van der Waals surface area contributed by atoms with Gasteiger partial charge in [0.25, 0.3) is 0 Å². The summed E-state index contributed by atoms with van der Waals surface area (Å²) in [7, 11) is 0. The average molecular weight is 393 g/mol. The maximum atomic E-state index is 13.0. The fourth-order valence-electron chi connectivity index (χ4n) is 3.99. The van der Waals surface area contributed by atoms with Crippen molar-refractivity contribution in [3.8, 4) is 0 Å². The van der Waals surface area contributed by atoms with E-state index in [9.17, 15) is 4.79 Å². The molecule has 0 unspecified atom stereocenters. The zero-order valence-electron chi connectivity index (χ0n) is 16.8. The number of H-pyrrole nitrogens is 1. The lowest BCUT2D eigenvalue weighted by atomic mass is 10.0. The van der Waals surface area contributed by atoms with E-state index < -0.39 is 0 Å². The fraction of sp³-hybridized carbons (Fsp3) is 0.409. The van der Waals surface area contributed by atoms with Crippen LogP contribution in [-0.4, -0.2) is 46.0 Å². The van der Waals surface area contributed by atoms with E-state index in [1.54, 1.807) is 6.33 Å². The summed E-state index contributed by atoms with van der Waals surface area (Å²) in [5.41, 5.74) is 1.82. The molecule has 152 valence electrons. The molecule has 3 aromatic rings. The Bertz CT molecular complexity index is 941. The van der Waals surface area contributed by atoms with Crippen molar-refractivity contribution >= 4 is 28.4 Å². The lowest BCUT2D eigenvalue weighted by Gasteiger charge is -2.35. The monoisotopic (exact) mass is 392 g/mol. The standard InChI is InChI=1S/C22H28N6O/c1-2-7-19(26-16-8-4-3-5-9-16)22(29)27-17-10-6-13-28(14-17)21-18-11-12-23-20(18)24-15-25-21/h3-5,8-9,11-12,15,17,19,26H,2,6-7,10,13-14H2,1H3,(H,27,29)(H,23,24,25)/t17-,19-/m1/s1. The molecule has 0 bridgehead atoms. The number of carbonyl (C=O) groups excluding carboxylic acids is 1. The Morgan fingerprint density at radius 2 is 2.14 bits per heavy atom. The number of nitrogens with zero attached hydrogens (tertiary/aromatic N) is 3. The smallest absolute Gasteiger partial charge is 0.242 e. The Balaban J connectivity index is 1.42. The number of aromatic nitrogens is 3. The number of para-hydroxylation sites is 1. The molecule has 3 N–H and O–H groups in total. The SMILES string of the molecule is CCC[C@@H](Nc1ccccc1)C(=O)N[C@@H]1CCCN(c2ncnc3[nH]ccc23)C1. The molecule has 1 aliphatic rings. The van der Waals surface area contributed by atoms with E-state index in [1.165, 1.54) is 0 Å². The van der Waals surface area contributed by atoms with E-state index in [-0.39, 0.29) is 18.0 Å². The zero-order chi connectivity index (χ0) is 20.1. The summed E-state index contributed by atoms with van der Waals surface area (Å²) >= 11 is 0. The van der Waals surface area contributed by atoms with E-state index in [1.807, 2.05) is 42.6 Å². The second-order valence-corrected chi connectivity index (χ2v) is 7.58. The topological polar surface area (TPSA) is 85.9 Å². The molecule has 7 heteroatoms. The Labute approximate surface area is 170 Å². The average Bonchev–Trinajstić information content (AvgIpc) is 3.23. The van der Waals surface area contributed by atoms with Crippen molar-refractivity contribution < 1.29 is 4.79 Å². The number of benzene rings is 1. The third-order valence-electron chi connectivity index (χ3n) is 5.41. The lowest BCUT2D eigenvalue weighted by Crippen LogP contribution is -2.51. The summed E-state index contributed by atoms with van der Waals surface area (Å²) < 4.78 is 0. The number of hydrogen-bond acceptors (Lipinski definition) is 5. The van der Waals surface area contributed by atoms with Gasteiger partial charge >= 0.3 is 0 Å². The van der Waals surface area contributed by atoms with Crippen LogP contribution in [0.4, 0.5) is 11.5 Å². The Kier molecular flexibility index (Phi) is 5.93. The third-order valence-corrected chi connectivity index (χ3v) is 5.41. The van der Waals surface area contributed by atoms with E-state index in [4.69, 9.17) is 0 Å². The van der Waals surface area contributed by atoms with Crippen LogP contribution in [0.1, 0.15) is 32.6 Å². The Morgan fingerprint density at radius 3 is 2.97 bits per heavy atom. The quantitative estimate of drug-likeness (QED) is 0.574. The predicted octanol–water partition coefficient (Wildman–Crippen LogP) is 3.32. The van der Waals surface area contributed by atoms with Gasteiger partial charge in [0.15, 0.2) is 0 Å². The molecule has 1 aliphatic heterocycles. The van der Waals surface area contributed by atoms with Crippen LogP contribution in [0, 0.1) is 0 Å². The second kappa shape index (κ2) is 8.94. The van der Waals surface area contributed by atoms with Crippen molar-refractivity contribution in [1.82, 2.24) is 20.3 Å². The van der Waals surface area contributed by atoms with Crippen molar-refractivity contribution in [1.29, 1.82) is 0 Å². The highest BCUT2D eigenvalue weighted by Gasteiger charge is 2.26. The van der Waals surface area contributed by atoms with Crippen molar-refractivity contribution in [2.75, 3.05) is 23.3 Å². The van der Waals surface area contributed by atoms with Gasteiger partial charge in [-0.2, -0.15) is 0 Å². The van der Waals surface area contributed by atoms with Crippen LogP contribution in [0.5, 0.6) is 0 Å². The zero-order valence-corrected chi connectivity index (χ0v) is 16.8. The maximum absolute atomic E-state index is 13.0. The lowest BCUT2D eigenvalue weighted by molar-refractivity contribution is -0.122. The number of anilines is 2. The normalized spacial score (nSPS) is 17.8. The number of nitrogens with one attached hydrogen (secondary N) is 3. The predicted molar refractivity (Wildman–Crippen MR) is 116 cm³/mol. The summed E-state index contributed by atoms with van der Waals surface area (Å²) in [6, 6.07) is 11.8. The first-order valence-electron chi connectivity index (χ1n) is 10.4. The molecule has 1 fully saturated rings. The van der Waals surface area contributed by atoms with E-state index in [0.717, 1.165) is 61.3 Å². The number of piperidine rings is 1. The summed E-state index contributed by atoms with van der Waals surface area (Å²) in [4.78, 5) is 27.2. The van der Waals surface area contributed by atoms with Crippen LogP contribution < -0.4 is 15.5 Å². The molecule has 0 radical (unpaired) electrons. The minimum Gasteiger partial charge on any atom is -0.374 e. The third kappa shape index (κ3) is 4.50. The van der Waals surface area contributed by atoms with Crippen LogP contribution in [0.25, 0.3) is 11.0 Å². The highest BCUT2D eigenvalue weighted by Crippen LogP contribution is 2.25. The molecule has 29 heavy (non-hydrogen) atoms. The molecule has 0 saturated carbocycles. The van der Waals surface area contributed by atoms with E-state index >= 15 is 0 Å². The summed E-state index contributed by atoms with van der Waals surface area (Å²) in [5, 5.41) is 7.68. The van der Waals surface area contributed by atoms with Crippen LogP contribution in [-0.2, 0) is 4.79 Å². The summed E-state index contributed by atoms with van der Waals surface area (Å²) in [6.45, 7) is 3.80. The van der Waals surface area contributed by atoms with Crippen molar-refractivity contribution in [2.45, 2.75) is 44.7 Å². The molecule has 0 aliphatic carbocycles. The van der Waals surface area contributed by atoms with Crippen LogP contribution >= 0.6 is 0 Å². The van der Waals surface area contributed by atoms with Crippen LogP contribution in [0.2, 0.25) is 0 Å². The van der Waals surface area contributed by atoms with Gasteiger partial charge in [0, 0.05) is 31.0 Å².